The number of benzene rings is 1. The number of nitrogens with one attached hydrogen (secondary N) is 2. The molecule has 3 aliphatic heterocycles. The van der Waals surface area contributed by atoms with Gasteiger partial charge in [-0.05, 0) is 49.4 Å². The molecule has 2 amide bonds. The molecule has 4 rings (SSSR count). The predicted octanol–water partition coefficient (Wildman–Crippen LogP) is 3.72. The molecule has 1 aromatic carbocycles. The lowest BCUT2D eigenvalue weighted by Crippen LogP contribution is -2.56. The summed E-state index contributed by atoms with van der Waals surface area (Å²) in [4.78, 5) is 14.4. The first kappa shape index (κ1) is 17.8. The molecule has 2 bridgehead atoms. The van der Waals surface area contributed by atoms with Gasteiger partial charge in [-0.25, -0.2) is 4.79 Å². The molecule has 3 saturated heterocycles. The first-order valence-electron chi connectivity index (χ1n) is 8.45. The zero-order chi connectivity index (χ0) is 18.0. The average molecular weight is 353 g/mol. The van der Waals surface area contributed by atoms with Gasteiger partial charge in [-0.2, -0.15) is 13.2 Å². The van der Waals surface area contributed by atoms with Crippen LogP contribution >= 0.6 is 0 Å². The van der Waals surface area contributed by atoms with Crippen LogP contribution in [0.25, 0.3) is 0 Å². The number of rotatable bonds is 4. The number of anilines is 1. The maximum atomic E-state index is 12.7. The van der Waals surface area contributed by atoms with E-state index in [2.05, 4.69) is 22.1 Å². The summed E-state index contributed by atoms with van der Waals surface area (Å²) in [7, 11) is 0. The third-order valence-electron chi connectivity index (χ3n) is 5.18. The summed E-state index contributed by atoms with van der Waals surface area (Å²) in [6.07, 6.45) is -0.241. The number of piperidine rings is 3. The number of fused-ring (bicyclic) bond motifs is 3. The maximum absolute atomic E-state index is 12.7. The van der Waals surface area contributed by atoms with Gasteiger partial charge in [0.05, 0.1) is 5.56 Å². The molecule has 7 heteroatoms. The minimum atomic E-state index is -4.43. The van der Waals surface area contributed by atoms with Gasteiger partial charge >= 0.3 is 12.2 Å². The lowest BCUT2D eigenvalue weighted by Gasteiger charge is -2.49. The van der Waals surface area contributed by atoms with Crippen LogP contribution in [0.15, 0.2) is 36.9 Å². The Labute approximate surface area is 145 Å². The fraction of sp³-hybridized carbons (Fsp3) is 0.500. The van der Waals surface area contributed by atoms with Gasteiger partial charge in [-0.3, -0.25) is 4.90 Å². The SMILES string of the molecule is C=C[C@@H]1CN2CC[C@H]1C[C@@H]2CNC(=O)Nc1cccc(C(F)(F)F)c1. The summed E-state index contributed by atoms with van der Waals surface area (Å²) in [5.41, 5.74) is -0.652. The molecule has 3 fully saturated rings. The second kappa shape index (κ2) is 7.07. The second-order valence-electron chi connectivity index (χ2n) is 6.75. The molecular formula is C18H22F3N3O. The van der Waals surface area contributed by atoms with Crippen molar-refractivity contribution >= 4 is 11.7 Å². The highest BCUT2D eigenvalue weighted by atomic mass is 19.4. The third kappa shape index (κ3) is 4.15. The van der Waals surface area contributed by atoms with E-state index in [1.165, 1.54) is 12.1 Å². The number of carbonyl (C=O) groups is 1. The highest BCUT2D eigenvalue weighted by Crippen LogP contribution is 2.36. The minimum Gasteiger partial charge on any atom is -0.336 e. The number of hydrogen-bond donors (Lipinski definition) is 2. The third-order valence-corrected chi connectivity index (χ3v) is 5.18. The quantitative estimate of drug-likeness (QED) is 0.811. The van der Waals surface area contributed by atoms with Crippen LogP contribution in [0.4, 0.5) is 23.7 Å². The average Bonchev–Trinajstić information content (AvgIpc) is 2.60. The molecule has 3 aliphatic rings. The van der Waals surface area contributed by atoms with Crippen LogP contribution < -0.4 is 10.6 Å². The monoisotopic (exact) mass is 353 g/mol. The van der Waals surface area contributed by atoms with E-state index in [4.69, 9.17) is 0 Å². The Bertz CT molecular complexity index is 647. The van der Waals surface area contributed by atoms with Crippen molar-refractivity contribution in [2.24, 2.45) is 11.8 Å². The highest BCUT2D eigenvalue weighted by molar-refractivity contribution is 5.89. The molecule has 4 nitrogen and oxygen atoms in total. The van der Waals surface area contributed by atoms with E-state index in [0.29, 0.717) is 18.4 Å². The molecule has 0 saturated carbocycles. The number of hydrogen-bond acceptors (Lipinski definition) is 2. The summed E-state index contributed by atoms with van der Waals surface area (Å²) >= 11 is 0. The normalized spacial score (nSPS) is 28.4. The summed E-state index contributed by atoms with van der Waals surface area (Å²) < 4.78 is 38.1. The highest BCUT2D eigenvalue weighted by Gasteiger charge is 2.38. The predicted molar refractivity (Wildman–Crippen MR) is 90.2 cm³/mol. The van der Waals surface area contributed by atoms with Gasteiger partial charge in [0, 0.05) is 24.8 Å². The first-order chi connectivity index (χ1) is 11.9. The molecule has 136 valence electrons. The standard InChI is InChI=1S/C18H22F3N3O/c1-2-12-11-24-7-6-13(12)8-16(24)10-22-17(25)23-15-5-3-4-14(9-15)18(19,20)21/h2-5,9,12-13,16H,1,6-8,10-11H2,(H2,22,23,25)/t12-,13+,16-/m1/s1. The molecular weight excluding hydrogens is 331 g/mol. The van der Waals surface area contributed by atoms with Crippen molar-refractivity contribution in [2.75, 3.05) is 25.0 Å². The van der Waals surface area contributed by atoms with Crippen molar-refractivity contribution in [3.8, 4) is 0 Å². The number of urea groups is 1. The summed E-state index contributed by atoms with van der Waals surface area (Å²) in [5.74, 6) is 1.13. The Morgan fingerprint density at radius 2 is 2.20 bits per heavy atom. The van der Waals surface area contributed by atoms with E-state index >= 15 is 0 Å². The zero-order valence-corrected chi connectivity index (χ0v) is 13.9. The van der Waals surface area contributed by atoms with E-state index < -0.39 is 17.8 Å². The van der Waals surface area contributed by atoms with Gasteiger partial charge in [-0.15, -0.1) is 6.58 Å². The van der Waals surface area contributed by atoms with E-state index in [9.17, 15) is 18.0 Å². The molecule has 25 heavy (non-hydrogen) atoms. The molecule has 4 atom stereocenters. The van der Waals surface area contributed by atoms with Crippen LogP contribution in [0.1, 0.15) is 18.4 Å². The van der Waals surface area contributed by atoms with Gasteiger partial charge in [0.15, 0.2) is 0 Å². The molecule has 1 aromatic rings. The van der Waals surface area contributed by atoms with Crippen molar-refractivity contribution in [2.45, 2.75) is 25.1 Å². The summed E-state index contributed by atoms with van der Waals surface area (Å²) in [5, 5.41) is 5.25. The lowest BCUT2D eigenvalue weighted by atomic mass is 9.75. The molecule has 0 aromatic heterocycles. The first-order valence-corrected chi connectivity index (χ1v) is 8.45. The van der Waals surface area contributed by atoms with Gasteiger partial charge in [0.2, 0.25) is 0 Å². The number of alkyl halides is 3. The van der Waals surface area contributed by atoms with Gasteiger partial charge < -0.3 is 10.6 Å². The van der Waals surface area contributed by atoms with Crippen molar-refractivity contribution in [3.63, 3.8) is 0 Å². The van der Waals surface area contributed by atoms with Crippen LogP contribution in [0.3, 0.4) is 0 Å². The zero-order valence-electron chi connectivity index (χ0n) is 13.9. The molecule has 0 aliphatic carbocycles. The van der Waals surface area contributed by atoms with Crippen LogP contribution in [0.2, 0.25) is 0 Å². The minimum absolute atomic E-state index is 0.129. The Hall–Kier alpha value is -2.02. The van der Waals surface area contributed by atoms with Gasteiger partial charge in [-0.1, -0.05) is 12.1 Å². The summed E-state index contributed by atoms with van der Waals surface area (Å²) in [6, 6.07) is 4.42. The molecule has 0 spiro atoms. The molecule has 3 heterocycles. The Morgan fingerprint density at radius 1 is 1.40 bits per heavy atom. The largest absolute Gasteiger partial charge is 0.416 e. The van der Waals surface area contributed by atoms with E-state index in [0.717, 1.165) is 38.1 Å². The van der Waals surface area contributed by atoms with Crippen molar-refractivity contribution in [3.05, 3.63) is 42.5 Å². The topological polar surface area (TPSA) is 44.4 Å². The fourth-order valence-corrected chi connectivity index (χ4v) is 3.82. The maximum Gasteiger partial charge on any atom is 0.416 e. The lowest BCUT2D eigenvalue weighted by molar-refractivity contribution is -0.137. The number of amides is 2. The number of carbonyl (C=O) groups excluding carboxylic acids is 1. The van der Waals surface area contributed by atoms with E-state index in [1.54, 1.807) is 0 Å². The molecule has 1 unspecified atom stereocenters. The van der Waals surface area contributed by atoms with Gasteiger partial charge in [0.25, 0.3) is 0 Å². The Kier molecular flexibility index (Phi) is 5.03. The van der Waals surface area contributed by atoms with Crippen molar-refractivity contribution in [1.82, 2.24) is 10.2 Å². The molecule has 2 N–H and O–H groups in total. The van der Waals surface area contributed by atoms with Crippen LogP contribution in [0, 0.1) is 11.8 Å². The number of nitrogens with zero attached hydrogens (tertiary/aromatic N) is 1. The van der Waals surface area contributed by atoms with Crippen LogP contribution in [0.5, 0.6) is 0 Å². The Morgan fingerprint density at radius 3 is 2.84 bits per heavy atom. The number of halogens is 3. The van der Waals surface area contributed by atoms with Crippen LogP contribution in [-0.2, 0) is 6.18 Å². The van der Waals surface area contributed by atoms with Crippen molar-refractivity contribution in [1.29, 1.82) is 0 Å². The van der Waals surface area contributed by atoms with Crippen molar-refractivity contribution < 1.29 is 18.0 Å². The smallest absolute Gasteiger partial charge is 0.336 e. The van der Waals surface area contributed by atoms with Gasteiger partial charge in [0.1, 0.15) is 0 Å². The van der Waals surface area contributed by atoms with Crippen LogP contribution in [-0.4, -0.2) is 36.6 Å². The van der Waals surface area contributed by atoms with E-state index in [-0.39, 0.29) is 11.7 Å². The molecule has 0 radical (unpaired) electrons. The second-order valence-corrected chi connectivity index (χ2v) is 6.75. The fourth-order valence-electron chi connectivity index (χ4n) is 3.82. The summed E-state index contributed by atoms with van der Waals surface area (Å²) in [6.45, 7) is 6.37. The Balaban J connectivity index is 1.52. The van der Waals surface area contributed by atoms with E-state index in [1.807, 2.05) is 6.08 Å².